The maximum absolute atomic E-state index is 12.3. The van der Waals surface area contributed by atoms with E-state index in [9.17, 15) is 24.3 Å². The quantitative estimate of drug-likeness (QED) is 0.413. The van der Waals surface area contributed by atoms with Gasteiger partial charge in [-0.25, -0.2) is 9.59 Å². The molecule has 0 aliphatic heterocycles. The van der Waals surface area contributed by atoms with Crippen molar-refractivity contribution in [3.05, 3.63) is 0 Å². The lowest BCUT2D eigenvalue weighted by Gasteiger charge is -2.25. The van der Waals surface area contributed by atoms with Crippen molar-refractivity contribution in [2.24, 2.45) is 0 Å². The third kappa shape index (κ3) is 14.3. The summed E-state index contributed by atoms with van der Waals surface area (Å²) in [5.41, 5.74) is -1.41. The number of aliphatic hydroxyl groups excluding tert-OH is 1. The number of hydrogen-bond acceptors (Lipinski definition) is 7. The van der Waals surface area contributed by atoms with E-state index < -0.39 is 47.5 Å². The molecule has 0 saturated heterocycles. The molecule has 3 atom stereocenters. The molecule has 0 unspecified atom stereocenters. The minimum Gasteiger partial charge on any atom is -0.444 e. The van der Waals surface area contributed by atoms with Crippen LogP contribution in [0, 0.1) is 0 Å². The number of aliphatic hydroxyl groups is 1. The molecule has 0 aromatic heterocycles. The van der Waals surface area contributed by atoms with Crippen molar-refractivity contribution in [2.45, 2.75) is 90.7 Å². The van der Waals surface area contributed by atoms with E-state index in [0.29, 0.717) is 6.29 Å². The summed E-state index contributed by atoms with van der Waals surface area (Å²) in [4.78, 5) is 46.7. The first kappa shape index (κ1) is 26.6. The monoisotopic (exact) mass is 417 g/mol. The third-order valence-corrected chi connectivity index (χ3v) is 3.24. The number of carbonyl (C=O) groups is 4. The van der Waals surface area contributed by atoms with Crippen LogP contribution in [0.1, 0.15) is 61.3 Å². The van der Waals surface area contributed by atoms with Crippen molar-refractivity contribution < 1.29 is 33.8 Å². The van der Waals surface area contributed by atoms with Crippen LogP contribution in [0.3, 0.4) is 0 Å². The Morgan fingerprint density at radius 2 is 1.48 bits per heavy atom. The predicted octanol–water partition coefficient (Wildman–Crippen LogP) is 1.25. The van der Waals surface area contributed by atoms with Crippen LogP contribution in [0.2, 0.25) is 0 Å². The summed E-state index contributed by atoms with van der Waals surface area (Å²) in [6, 6.07) is -1.87. The van der Waals surface area contributed by atoms with Crippen LogP contribution in [-0.4, -0.2) is 65.4 Å². The Bertz CT molecular complexity index is 567. The molecular formula is C19H35N3O7. The molecule has 0 aromatic carbocycles. The van der Waals surface area contributed by atoms with E-state index in [1.54, 1.807) is 41.5 Å². The fraction of sp³-hybridized carbons (Fsp3) is 0.789. The summed E-state index contributed by atoms with van der Waals surface area (Å²) in [7, 11) is 0. The molecule has 29 heavy (non-hydrogen) atoms. The number of rotatable bonds is 9. The molecule has 0 fully saturated rings. The summed E-state index contributed by atoms with van der Waals surface area (Å²) in [6.45, 7) is 11.8. The minimum atomic E-state index is -1.12. The second-order valence-electron chi connectivity index (χ2n) is 8.74. The zero-order valence-electron chi connectivity index (χ0n) is 18.3. The molecule has 168 valence electrons. The second kappa shape index (κ2) is 11.6. The number of amides is 3. The summed E-state index contributed by atoms with van der Waals surface area (Å²) < 4.78 is 10.2. The van der Waals surface area contributed by atoms with Gasteiger partial charge in [0.15, 0.2) is 0 Å². The predicted molar refractivity (Wildman–Crippen MR) is 106 cm³/mol. The average molecular weight is 418 g/mol. The highest BCUT2D eigenvalue weighted by Crippen LogP contribution is 2.10. The van der Waals surface area contributed by atoms with Gasteiger partial charge in [0.05, 0.1) is 12.1 Å². The van der Waals surface area contributed by atoms with Crippen LogP contribution in [0.5, 0.6) is 0 Å². The van der Waals surface area contributed by atoms with E-state index in [1.165, 1.54) is 6.92 Å². The van der Waals surface area contributed by atoms with Crippen molar-refractivity contribution in [1.29, 1.82) is 0 Å². The number of nitrogens with one attached hydrogen (secondary N) is 3. The standard InChI is InChI=1S/C19H35N3O7/c1-12(11-23)21-15(25)14(22-17(27)29-19(5,6)7)10-13(24)8-9-20-16(26)28-18(2,3)4/h11-14,24H,8-10H2,1-7H3,(H,20,26)(H,21,25)(H,22,27)/t12-,13+,14-/m0/s1. The Balaban J connectivity index is 4.79. The fourth-order valence-corrected chi connectivity index (χ4v) is 2.09. The number of ether oxygens (including phenoxy) is 2. The molecule has 0 heterocycles. The van der Waals surface area contributed by atoms with Gasteiger partial charge in [-0.1, -0.05) is 0 Å². The Labute approximate surface area is 172 Å². The summed E-state index contributed by atoms with van der Waals surface area (Å²) in [5, 5.41) is 17.6. The van der Waals surface area contributed by atoms with Crippen molar-refractivity contribution in [3.8, 4) is 0 Å². The van der Waals surface area contributed by atoms with Gasteiger partial charge in [-0.2, -0.15) is 0 Å². The molecule has 10 nitrogen and oxygen atoms in total. The molecule has 0 bridgehead atoms. The lowest BCUT2D eigenvalue weighted by Crippen LogP contribution is -2.51. The molecule has 0 aliphatic carbocycles. The van der Waals surface area contributed by atoms with Gasteiger partial charge < -0.3 is 35.3 Å². The highest BCUT2D eigenvalue weighted by atomic mass is 16.6. The van der Waals surface area contributed by atoms with Crippen molar-refractivity contribution >= 4 is 24.4 Å². The van der Waals surface area contributed by atoms with E-state index >= 15 is 0 Å². The van der Waals surface area contributed by atoms with Gasteiger partial charge in [0.25, 0.3) is 0 Å². The first-order valence-electron chi connectivity index (χ1n) is 9.53. The Kier molecular flexibility index (Phi) is 10.7. The highest BCUT2D eigenvalue weighted by Gasteiger charge is 2.27. The van der Waals surface area contributed by atoms with E-state index in [2.05, 4.69) is 16.0 Å². The Morgan fingerprint density at radius 3 is 1.97 bits per heavy atom. The number of hydrogen-bond donors (Lipinski definition) is 4. The van der Waals surface area contributed by atoms with Crippen LogP contribution in [-0.2, 0) is 19.1 Å². The first-order chi connectivity index (χ1) is 13.1. The largest absolute Gasteiger partial charge is 0.444 e. The number of alkyl carbamates (subject to hydrolysis) is 2. The van der Waals surface area contributed by atoms with Crippen molar-refractivity contribution in [1.82, 2.24) is 16.0 Å². The summed E-state index contributed by atoms with van der Waals surface area (Å²) >= 11 is 0. The molecule has 0 rings (SSSR count). The molecule has 0 saturated carbocycles. The molecule has 0 spiro atoms. The number of aldehydes is 1. The number of carbonyl (C=O) groups excluding carboxylic acids is 4. The zero-order chi connectivity index (χ0) is 22.8. The van der Waals surface area contributed by atoms with Gasteiger partial charge in [0.1, 0.15) is 23.5 Å². The first-order valence-corrected chi connectivity index (χ1v) is 9.53. The van der Waals surface area contributed by atoms with E-state index in [0.717, 1.165) is 0 Å². The van der Waals surface area contributed by atoms with Gasteiger partial charge in [-0.05, 0) is 54.9 Å². The molecule has 0 radical (unpaired) electrons. The third-order valence-electron chi connectivity index (χ3n) is 3.24. The molecule has 4 N–H and O–H groups in total. The van der Waals surface area contributed by atoms with E-state index in [1.807, 2.05) is 0 Å². The van der Waals surface area contributed by atoms with Crippen molar-refractivity contribution in [2.75, 3.05) is 6.54 Å². The zero-order valence-corrected chi connectivity index (χ0v) is 18.3. The average Bonchev–Trinajstić information content (AvgIpc) is 2.50. The lowest BCUT2D eigenvalue weighted by molar-refractivity contribution is -0.126. The van der Waals surface area contributed by atoms with Gasteiger partial charge in [-0.15, -0.1) is 0 Å². The lowest BCUT2D eigenvalue weighted by atomic mass is 10.1. The van der Waals surface area contributed by atoms with Crippen LogP contribution in [0.4, 0.5) is 9.59 Å². The van der Waals surface area contributed by atoms with Gasteiger partial charge >= 0.3 is 12.2 Å². The summed E-state index contributed by atoms with van der Waals surface area (Å²) in [5.74, 6) is -0.630. The van der Waals surface area contributed by atoms with Gasteiger partial charge in [-0.3, -0.25) is 4.79 Å². The topological polar surface area (TPSA) is 143 Å². The van der Waals surface area contributed by atoms with Gasteiger partial charge in [0.2, 0.25) is 5.91 Å². The Morgan fingerprint density at radius 1 is 0.966 bits per heavy atom. The summed E-state index contributed by atoms with van der Waals surface area (Å²) in [6.07, 6.45) is -1.92. The van der Waals surface area contributed by atoms with Crippen LogP contribution >= 0.6 is 0 Å². The van der Waals surface area contributed by atoms with Crippen LogP contribution in [0.15, 0.2) is 0 Å². The molecule has 10 heteroatoms. The molecule has 0 aromatic rings. The van der Waals surface area contributed by atoms with Crippen LogP contribution in [0.25, 0.3) is 0 Å². The van der Waals surface area contributed by atoms with E-state index in [-0.39, 0.29) is 19.4 Å². The van der Waals surface area contributed by atoms with Crippen LogP contribution < -0.4 is 16.0 Å². The Hall–Kier alpha value is -2.36. The highest BCUT2D eigenvalue weighted by molar-refractivity contribution is 5.87. The normalized spacial score (nSPS) is 14.8. The molecule has 3 amide bonds. The molecule has 0 aliphatic rings. The molecular weight excluding hydrogens is 382 g/mol. The maximum Gasteiger partial charge on any atom is 0.408 e. The SMILES string of the molecule is C[C@@H](C=O)NC(=O)[C@H](C[C@H](O)CCNC(=O)OC(C)(C)C)NC(=O)OC(C)(C)C. The van der Waals surface area contributed by atoms with E-state index in [4.69, 9.17) is 9.47 Å². The minimum absolute atomic E-state index is 0.113. The second-order valence-corrected chi connectivity index (χ2v) is 8.74. The maximum atomic E-state index is 12.3. The fourth-order valence-electron chi connectivity index (χ4n) is 2.09. The van der Waals surface area contributed by atoms with Gasteiger partial charge in [0, 0.05) is 13.0 Å². The van der Waals surface area contributed by atoms with Crippen molar-refractivity contribution in [3.63, 3.8) is 0 Å². The smallest absolute Gasteiger partial charge is 0.408 e.